The molecule has 15 nitrogen and oxygen atoms in total. The Morgan fingerprint density at radius 3 is 2.41 bits per heavy atom. The molecule has 1 aromatic carbocycles. The molecule has 1 aliphatic heterocycles. The van der Waals surface area contributed by atoms with Crippen molar-refractivity contribution < 1.29 is 38.4 Å². The standard InChI is InChI=1S/C30H39ClN6O9/c1-32-26(38)18-46-25-16-20-15-21(3-4-24(20)36(2)29(25)41)34-28-23(31)17-33-30(35-28)37-7-5-22(6-8-37)45-14-13-43-10-9-42-11-12-44-19-27(39)40/h3-4,15-17,22H,5-14,18-19H2,1-2H3,(H,32,38)(H,39,40)(H,33,34,35). The molecular weight excluding hydrogens is 624 g/mol. The maximum absolute atomic E-state index is 12.7. The molecule has 0 unspecified atom stereocenters. The number of hydrogen-bond donors (Lipinski definition) is 3. The van der Waals surface area contributed by atoms with Gasteiger partial charge in [-0.3, -0.25) is 9.59 Å². The van der Waals surface area contributed by atoms with Crippen LogP contribution in [0.1, 0.15) is 12.8 Å². The number of carboxylic acid groups (broad SMARTS) is 1. The summed E-state index contributed by atoms with van der Waals surface area (Å²) in [6.07, 6.45) is 3.28. The first-order valence-corrected chi connectivity index (χ1v) is 15.2. The monoisotopic (exact) mass is 662 g/mol. The van der Waals surface area contributed by atoms with Gasteiger partial charge >= 0.3 is 5.97 Å². The average Bonchev–Trinajstić information content (AvgIpc) is 3.05. The van der Waals surface area contributed by atoms with Crippen LogP contribution in [0, 0.1) is 0 Å². The van der Waals surface area contributed by atoms with Crippen LogP contribution in [0.5, 0.6) is 5.75 Å². The first-order valence-electron chi connectivity index (χ1n) is 14.8. The number of piperidine rings is 1. The van der Waals surface area contributed by atoms with Crippen molar-refractivity contribution in [3.8, 4) is 5.75 Å². The Morgan fingerprint density at radius 1 is 1.02 bits per heavy atom. The lowest BCUT2D eigenvalue weighted by molar-refractivity contribution is -0.142. The number of benzene rings is 1. The number of ether oxygens (including phenoxy) is 5. The molecule has 16 heteroatoms. The summed E-state index contributed by atoms with van der Waals surface area (Å²) in [6, 6.07) is 7.09. The first-order chi connectivity index (χ1) is 22.2. The number of carbonyl (C=O) groups excluding carboxylic acids is 1. The van der Waals surface area contributed by atoms with Gasteiger partial charge in [0.1, 0.15) is 11.6 Å². The topological polar surface area (TPSA) is 176 Å². The van der Waals surface area contributed by atoms with Crippen LogP contribution in [0.4, 0.5) is 17.5 Å². The smallest absolute Gasteiger partial charge is 0.329 e. The van der Waals surface area contributed by atoms with E-state index < -0.39 is 5.97 Å². The number of rotatable bonds is 18. The summed E-state index contributed by atoms with van der Waals surface area (Å²) in [5.74, 6) is -0.280. The number of pyridine rings is 1. The lowest BCUT2D eigenvalue weighted by Gasteiger charge is -2.32. The van der Waals surface area contributed by atoms with E-state index in [-0.39, 0.29) is 43.1 Å². The molecule has 3 aromatic rings. The van der Waals surface area contributed by atoms with Crippen molar-refractivity contribution in [3.05, 3.63) is 45.8 Å². The van der Waals surface area contributed by atoms with Crippen molar-refractivity contribution in [2.24, 2.45) is 7.05 Å². The maximum atomic E-state index is 12.7. The number of likely N-dealkylation sites (N-methyl/N-ethyl adjacent to an activating group) is 1. The fraction of sp³-hybridized carbons (Fsp3) is 0.500. The minimum Gasteiger partial charge on any atom is -0.480 e. The number of fused-ring (bicyclic) bond motifs is 1. The number of anilines is 3. The van der Waals surface area contributed by atoms with Crippen molar-refractivity contribution in [2.45, 2.75) is 18.9 Å². The van der Waals surface area contributed by atoms with Crippen LogP contribution in [-0.4, -0.2) is 111 Å². The summed E-state index contributed by atoms with van der Waals surface area (Å²) in [7, 11) is 3.14. The molecule has 0 bridgehead atoms. The zero-order chi connectivity index (χ0) is 32.9. The van der Waals surface area contributed by atoms with Gasteiger partial charge in [0, 0.05) is 38.3 Å². The quantitative estimate of drug-likeness (QED) is 0.169. The number of halogens is 1. The fourth-order valence-corrected chi connectivity index (χ4v) is 4.82. The van der Waals surface area contributed by atoms with Crippen LogP contribution < -0.4 is 25.8 Å². The number of nitrogens with zero attached hydrogens (tertiary/aromatic N) is 4. The van der Waals surface area contributed by atoms with Gasteiger partial charge in [-0.15, -0.1) is 0 Å². The summed E-state index contributed by atoms with van der Waals surface area (Å²) in [6.45, 7) is 3.10. The first kappa shape index (κ1) is 34.8. The second-order valence-corrected chi connectivity index (χ2v) is 10.7. The van der Waals surface area contributed by atoms with E-state index in [4.69, 9.17) is 40.4 Å². The molecule has 46 heavy (non-hydrogen) atoms. The zero-order valence-electron chi connectivity index (χ0n) is 25.8. The Balaban J connectivity index is 1.24. The molecule has 250 valence electrons. The van der Waals surface area contributed by atoms with Crippen LogP contribution in [0.3, 0.4) is 0 Å². The molecule has 1 amide bonds. The third-order valence-electron chi connectivity index (χ3n) is 7.10. The van der Waals surface area contributed by atoms with Crippen molar-refractivity contribution in [1.82, 2.24) is 19.9 Å². The third kappa shape index (κ3) is 10.3. The zero-order valence-corrected chi connectivity index (χ0v) is 26.6. The van der Waals surface area contributed by atoms with Gasteiger partial charge in [0.25, 0.3) is 11.5 Å². The number of carbonyl (C=O) groups is 2. The molecule has 0 aliphatic carbocycles. The van der Waals surface area contributed by atoms with Gasteiger partial charge in [0.15, 0.2) is 18.2 Å². The van der Waals surface area contributed by atoms with Crippen molar-refractivity contribution >= 4 is 51.8 Å². The van der Waals surface area contributed by atoms with E-state index in [2.05, 4.69) is 25.5 Å². The number of aryl methyl sites for hydroxylation is 1. The maximum Gasteiger partial charge on any atom is 0.329 e. The van der Waals surface area contributed by atoms with Crippen molar-refractivity contribution in [2.75, 3.05) is 83.2 Å². The van der Waals surface area contributed by atoms with E-state index >= 15 is 0 Å². The van der Waals surface area contributed by atoms with Gasteiger partial charge in [0.05, 0.1) is 57.5 Å². The summed E-state index contributed by atoms with van der Waals surface area (Å²) >= 11 is 6.45. The number of aromatic nitrogens is 3. The molecule has 0 saturated carbocycles. The van der Waals surface area contributed by atoms with E-state index in [0.29, 0.717) is 74.1 Å². The van der Waals surface area contributed by atoms with E-state index in [9.17, 15) is 14.4 Å². The van der Waals surface area contributed by atoms with Crippen LogP contribution in [0.2, 0.25) is 5.02 Å². The fourth-order valence-electron chi connectivity index (χ4n) is 4.68. The molecule has 1 fully saturated rings. The third-order valence-corrected chi connectivity index (χ3v) is 7.37. The van der Waals surface area contributed by atoms with Crippen molar-refractivity contribution in [1.29, 1.82) is 0 Å². The normalized spacial score (nSPS) is 13.6. The Bertz CT molecular complexity index is 1530. The molecule has 2 aromatic heterocycles. The molecule has 1 saturated heterocycles. The van der Waals surface area contributed by atoms with Gasteiger partial charge in [-0.25, -0.2) is 9.78 Å². The number of amides is 1. The molecule has 0 spiro atoms. The Morgan fingerprint density at radius 2 is 1.72 bits per heavy atom. The van der Waals surface area contributed by atoms with Gasteiger partial charge < -0.3 is 48.9 Å². The Hall–Kier alpha value is -4.02. The highest BCUT2D eigenvalue weighted by atomic mass is 35.5. The van der Waals surface area contributed by atoms with Crippen LogP contribution >= 0.6 is 11.6 Å². The molecule has 0 radical (unpaired) electrons. The molecule has 4 rings (SSSR count). The van der Waals surface area contributed by atoms with Crippen LogP contribution in [-0.2, 0) is 35.6 Å². The molecule has 1 aliphatic rings. The Labute approximate surface area is 270 Å². The molecule has 3 N–H and O–H groups in total. The van der Waals surface area contributed by atoms with E-state index in [1.807, 2.05) is 18.2 Å². The van der Waals surface area contributed by atoms with Crippen LogP contribution in [0.25, 0.3) is 10.9 Å². The molecule has 0 atom stereocenters. The number of hydrogen-bond acceptors (Lipinski definition) is 12. The summed E-state index contributed by atoms with van der Waals surface area (Å²) in [5.41, 5.74) is 1.05. The van der Waals surface area contributed by atoms with E-state index in [0.717, 1.165) is 18.2 Å². The Kier molecular flexibility index (Phi) is 13.3. The van der Waals surface area contributed by atoms with E-state index in [1.54, 1.807) is 19.3 Å². The highest BCUT2D eigenvalue weighted by Crippen LogP contribution is 2.28. The summed E-state index contributed by atoms with van der Waals surface area (Å²) in [5, 5.41) is 15.3. The lowest BCUT2D eigenvalue weighted by Crippen LogP contribution is -2.38. The number of carboxylic acids is 1. The van der Waals surface area contributed by atoms with Crippen LogP contribution in [0.15, 0.2) is 35.3 Å². The predicted molar refractivity (Wildman–Crippen MR) is 170 cm³/mol. The minimum atomic E-state index is -1.01. The van der Waals surface area contributed by atoms with E-state index in [1.165, 1.54) is 11.6 Å². The average molecular weight is 663 g/mol. The van der Waals surface area contributed by atoms with Crippen molar-refractivity contribution in [3.63, 3.8) is 0 Å². The molecule has 3 heterocycles. The summed E-state index contributed by atoms with van der Waals surface area (Å²) in [4.78, 5) is 45.9. The largest absolute Gasteiger partial charge is 0.480 e. The van der Waals surface area contributed by atoms with Gasteiger partial charge in [-0.1, -0.05) is 11.6 Å². The minimum absolute atomic E-state index is 0.0711. The second-order valence-electron chi connectivity index (χ2n) is 10.3. The van der Waals surface area contributed by atoms with Gasteiger partial charge in [-0.05, 0) is 37.1 Å². The highest BCUT2D eigenvalue weighted by molar-refractivity contribution is 6.32. The lowest BCUT2D eigenvalue weighted by atomic mass is 10.1. The highest BCUT2D eigenvalue weighted by Gasteiger charge is 2.22. The number of aliphatic carboxylic acids is 1. The number of nitrogens with one attached hydrogen (secondary N) is 2. The summed E-state index contributed by atoms with van der Waals surface area (Å²) < 4.78 is 28.6. The SMILES string of the molecule is CNC(=O)COc1cc2cc(Nc3nc(N4CCC(OCCOCCOCCOCC(=O)O)CC4)ncc3Cl)ccc2n(C)c1=O. The molecular formula is C30H39ClN6O9. The predicted octanol–water partition coefficient (Wildman–Crippen LogP) is 1.97. The van der Waals surface area contributed by atoms with Gasteiger partial charge in [-0.2, -0.15) is 4.98 Å². The van der Waals surface area contributed by atoms with Gasteiger partial charge in [0.2, 0.25) is 5.95 Å². The second kappa shape index (κ2) is 17.6.